The van der Waals surface area contributed by atoms with Crippen molar-refractivity contribution in [1.29, 1.82) is 0 Å². The minimum absolute atomic E-state index is 0.172. The van der Waals surface area contributed by atoms with Gasteiger partial charge in [-0.05, 0) is 60.7 Å². The van der Waals surface area contributed by atoms with Crippen LogP contribution < -0.4 is 15.4 Å². The zero-order chi connectivity index (χ0) is 21.3. The summed E-state index contributed by atoms with van der Waals surface area (Å²) in [7, 11) is 1.58. The number of carbonyl (C=O) groups excluding carboxylic acids is 2. The zero-order valence-corrected chi connectivity index (χ0v) is 17.2. The Morgan fingerprint density at radius 3 is 2.20 bits per heavy atom. The van der Waals surface area contributed by atoms with Crippen molar-refractivity contribution >= 4 is 35.0 Å². The highest BCUT2D eigenvalue weighted by Crippen LogP contribution is 2.22. The summed E-state index contributed by atoms with van der Waals surface area (Å²) in [5.74, 6) is 0.468. The fraction of sp³-hybridized carbons (Fsp3) is 0.130. The number of thioether (sulfide) groups is 1. The average Bonchev–Trinajstić information content (AvgIpc) is 2.76. The van der Waals surface area contributed by atoms with Crippen molar-refractivity contribution in [3.05, 3.63) is 84.2 Å². The second kappa shape index (κ2) is 10.5. The van der Waals surface area contributed by atoms with Gasteiger partial charge in [0.05, 0.1) is 7.11 Å². The summed E-state index contributed by atoms with van der Waals surface area (Å²) in [6.07, 6.45) is 0.249. The van der Waals surface area contributed by atoms with Crippen LogP contribution >= 0.6 is 11.8 Å². The lowest BCUT2D eigenvalue weighted by Gasteiger charge is -2.08. The SMILES string of the molecule is COc1ccc(NC(=O)c2ccc(NC(=O)CCSc3ccccc3F)cc2)cc1. The highest BCUT2D eigenvalue weighted by atomic mass is 32.2. The number of methoxy groups -OCH3 is 1. The molecule has 0 heterocycles. The second-order valence-electron chi connectivity index (χ2n) is 6.34. The molecule has 0 fully saturated rings. The molecule has 5 nitrogen and oxygen atoms in total. The molecule has 0 radical (unpaired) electrons. The van der Waals surface area contributed by atoms with Crippen LogP contribution in [0.4, 0.5) is 15.8 Å². The molecule has 0 atom stereocenters. The standard InChI is InChI=1S/C23H21FN2O3S/c1-29-19-12-10-18(11-13-19)26-23(28)16-6-8-17(9-7-16)25-22(27)14-15-30-21-5-3-2-4-20(21)24/h2-13H,14-15H2,1H3,(H,25,27)(H,26,28). The molecule has 0 aromatic heterocycles. The van der Waals surface area contributed by atoms with E-state index in [9.17, 15) is 14.0 Å². The first-order valence-electron chi connectivity index (χ1n) is 9.28. The lowest BCUT2D eigenvalue weighted by atomic mass is 10.2. The van der Waals surface area contributed by atoms with Crippen molar-refractivity contribution < 1.29 is 18.7 Å². The monoisotopic (exact) mass is 424 g/mol. The van der Waals surface area contributed by atoms with Crippen LogP contribution in [0.15, 0.2) is 77.7 Å². The lowest BCUT2D eigenvalue weighted by molar-refractivity contribution is -0.115. The van der Waals surface area contributed by atoms with Crippen LogP contribution in [-0.2, 0) is 4.79 Å². The number of ether oxygens (including phenoxy) is 1. The molecule has 154 valence electrons. The fourth-order valence-corrected chi connectivity index (χ4v) is 3.51. The summed E-state index contributed by atoms with van der Waals surface area (Å²) >= 11 is 1.30. The van der Waals surface area contributed by atoms with Gasteiger partial charge in [0.15, 0.2) is 0 Å². The summed E-state index contributed by atoms with van der Waals surface area (Å²) in [5.41, 5.74) is 1.72. The summed E-state index contributed by atoms with van der Waals surface area (Å²) in [6.45, 7) is 0. The number of nitrogens with one attached hydrogen (secondary N) is 2. The summed E-state index contributed by atoms with van der Waals surface area (Å²) in [6, 6.07) is 20.1. The number of anilines is 2. The van der Waals surface area contributed by atoms with E-state index in [1.54, 1.807) is 73.8 Å². The summed E-state index contributed by atoms with van der Waals surface area (Å²) in [5, 5.41) is 5.58. The van der Waals surface area contributed by atoms with Crippen molar-refractivity contribution in [1.82, 2.24) is 0 Å². The van der Waals surface area contributed by atoms with Crippen molar-refractivity contribution in [3.63, 3.8) is 0 Å². The Bertz CT molecular complexity index is 1010. The molecule has 0 aliphatic heterocycles. The molecule has 2 amide bonds. The maximum absolute atomic E-state index is 13.6. The number of hydrogen-bond acceptors (Lipinski definition) is 4. The van der Waals surface area contributed by atoms with Crippen LogP contribution in [0.5, 0.6) is 5.75 Å². The number of amides is 2. The number of benzene rings is 3. The summed E-state index contributed by atoms with van der Waals surface area (Å²) in [4.78, 5) is 25.0. The first kappa shape index (κ1) is 21.4. The Kier molecular flexibility index (Phi) is 7.45. The number of carbonyl (C=O) groups is 2. The van der Waals surface area contributed by atoms with Gasteiger partial charge in [0, 0.05) is 34.0 Å². The van der Waals surface area contributed by atoms with E-state index in [0.29, 0.717) is 33.3 Å². The molecule has 0 saturated heterocycles. The maximum Gasteiger partial charge on any atom is 0.255 e. The largest absolute Gasteiger partial charge is 0.497 e. The van der Waals surface area contributed by atoms with E-state index in [-0.39, 0.29) is 24.1 Å². The fourth-order valence-electron chi connectivity index (χ4n) is 2.62. The summed E-state index contributed by atoms with van der Waals surface area (Å²) < 4.78 is 18.7. The van der Waals surface area contributed by atoms with E-state index in [1.807, 2.05) is 0 Å². The Labute approximate surface area is 178 Å². The van der Waals surface area contributed by atoms with Crippen molar-refractivity contribution in [2.24, 2.45) is 0 Å². The molecular formula is C23H21FN2O3S. The second-order valence-corrected chi connectivity index (χ2v) is 7.47. The van der Waals surface area contributed by atoms with Gasteiger partial charge < -0.3 is 15.4 Å². The van der Waals surface area contributed by atoms with Gasteiger partial charge in [0.25, 0.3) is 5.91 Å². The van der Waals surface area contributed by atoms with Crippen LogP contribution in [0.3, 0.4) is 0 Å². The molecule has 30 heavy (non-hydrogen) atoms. The van der Waals surface area contributed by atoms with E-state index in [4.69, 9.17) is 4.74 Å². The number of hydrogen-bond donors (Lipinski definition) is 2. The van der Waals surface area contributed by atoms with Gasteiger partial charge in [-0.2, -0.15) is 0 Å². The lowest BCUT2D eigenvalue weighted by Crippen LogP contribution is -2.14. The molecule has 3 aromatic rings. The molecule has 0 spiro atoms. The maximum atomic E-state index is 13.6. The normalized spacial score (nSPS) is 10.3. The van der Waals surface area contributed by atoms with Gasteiger partial charge in [-0.1, -0.05) is 12.1 Å². The van der Waals surface area contributed by atoms with E-state index in [2.05, 4.69) is 10.6 Å². The Hall–Kier alpha value is -3.32. The number of rotatable bonds is 8. The first-order chi connectivity index (χ1) is 14.5. The third-order valence-electron chi connectivity index (χ3n) is 4.20. The first-order valence-corrected chi connectivity index (χ1v) is 10.3. The highest BCUT2D eigenvalue weighted by Gasteiger charge is 2.08. The van der Waals surface area contributed by atoms with Gasteiger partial charge in [-0.15, -0.1) is 11.8 Å². The predicted octanol–water partition coefficient (Wildman–Crippen LogP) is 5.21. The Morgan fingerprint density at radius 2 is 1.53 bits per heavy atom. The van der Waals surface area contributed by atoms with Gasteiger partial charge in [-0.3, -0.25) is 9.59 Å². The molecule has 7 heteroatoms. The minimum atomic E-state index is -0.286. The highest BCUT2D eigenvalue weighted by molar-refractivity contribution is 7.99. The van der Waals surface area contributed by atoms with Crippen LogP contribution in [-0.4, -0.2) is 24.7 Å². The molecule has 3 rings (SSSR count). The molecule has 0 aliphatic carbocycles. The Morgan fingerprint density at radius 1 is 0.900 bits per heavy atom. The van der Waals surface area contributed by atoms with Gasteiger partial charge in [0.1, 0.15) is 11.6 Å². The van der Waals surface area contributed by atoms with E-state index < -0.39 is 0 Å². The number of halogens is 1. The van der Waals surface area contributed by atoms with Gasteiger partial charge in [-0.25, -0.2) is 4.39 Å². The zero-order valence-electron chi connectivity index (χ0n) is 16.4. The minimum Gasteiger partial charge on any atom is -0.497 e. The van der Waals surface area contributed by atoms with Crippen molar-refractivity contribution in [2.75, 3.05) is 23.5 Å². The van der Waals surface area contributed by atoms with Crippen LogP contribution in [0.2, 0.25) is 0 Å². The average molecular weight is 424 g/mol. The molecular weight excluding hydrogens is 403 g/mol. The predicted molar refractivity (Wildman–Crippen MR) is 118 cm³/mol. The molecule has 0 unspecified atom stereocenters. The topological polar surface area (TPSA) is 67.4 Å². The molecule has 0 aliphatic rings. The molecule has 0 bridgehead atoms. The Balaban J connectivity index is 1.47. The van der Waals surface area contributed by atoms with E-state index in [1.165, 1.54) is 17.8 Å². The van der Waals surface area contributed by atoms with Gasteiger partial charge in [0.2, 0.25) is 5.91 Å². The molecule has 3 aromatic carbocycles. The third-order valence-corrected chi connectivity index (χ3v) is 5.25. The quantitative estimate of drug-likeness (QED) is 0.487. The smallest absolute Gasteiger partial charge is 0.255 e. The molecule has 0 saturated carbocycles. The van der Waals surface area contributed by atoms with Crippen molar-refractivity contribution in [3.8, 4) is 5.75 Å². The van der Waals surface area contributed by atoms with Crippen LogP contribution in [0.1, 0.15) is 16.8 Å². The third kappa shape index (κ3) is 6.09. The van der Waals surface area contributed by atoms with Crippen LogP contribution in [0.25, 0.3) is 0 Å². The molecule has 2 N–H and O–H groups in total. The van der Waals surface area contributed by atoms with Crippen molar-refractivity contribution in [2.45, 2.75) is 11.3 Å². The van der Waals surface area contributed by atoms with E-state index >= 15 is 0 Å². The van der Waals surface area contributed by atoms with Crippen LogP contribution in [0, 0.1) is 5.82 Å². The van der Waals surface area contributed by atoms with E-state index in [0.717, 1.165) is 0 Å². The van der Waals surface area contributed by atoms with Gasteiger partial charge >= 0.3 is 0 Å².